The summed E-state index contributed by atoms with van der Waals surface area (Å²) in [6.45, 7) is 7.22. The highest BCUT2D eigenvalue weighted by Crippen LogP contribution is 2.25. The van der Waals surface area contributed by atoms with Crippen LogP contribution >= 0.6 is 0 Å². The Hall–Kier alpha value is -2.33. The van der Waals surface area contributed by atoms with Gasteiger partial charge in [-0.1, -0.05) is 24.3 Å². The van der Waals surface area contributed by atoms with Crippen LogP contribution in [-0.4, -0.2) is 44.5 Å². The second kappa shape index (κ2) is 9.00. The van der Waals surface area contributed by atoms with Gasteiger partial charge in [-0.15, -0.1) is 0 Å². The van der Waals surface area contributed by atoms with Crippen molar-refractivity contribution in [3.8, 4) is 0 Å². The maximum absolute atomic E-state index is 12.9. The van der Waals surface area contributed by atoms with Crippen molar-refractivity contribution in [3.63, 3.8) is 0 Å². The SMILES string of the molecule is Cc1cc([N+](=O)[O-])cc(S(=O)(=O)NCc2ccccc2CN2CCOCC2)c1C. The number of morpholine rings is 1. The Balaban J connectivity index is 1.80. The molecule has 3 rings (SSSR count). The van der Waals surface area contributed by atoms with E-state index in [4.69, 9.17) is 4.74 Å². The first-order valence-electron chi connectivity index (χ1n) is 9.40. The molecule has 1 aliphatic rings. The highest BCUT2D eigenvalue weighted by Gasteiger charge is 2.22. The number of hydrogen-bond acceptors (Lipinski definition) is 6. The zero-order valence-corrected chi connectivity index (χ0v) is 17.4. The lowest BCUT2D eigenvalue weighted by molar-refractivity contribution is -0.385. The van der Waals surface area contributed by atoms with Gasteiger partial charge < -0.3 is 4.74 Å². The number of nitrogens with one attached hydrogen (secondary N) is 1. The Kier molecular flexibility index (Phi) is 6.63. The van der Waals surface area contributed by atoms with Crippen LogP contribution in [0.4, 0.5) is 5.69 Å². The standard InChI is InChI=1S/C20H25N3O5S/c1-15-11-19(23(24)25)12-20(16(15)2)29(26,27)21-13-17-5-3-4-6-18(17)14-22-7-9-28-10-8-22/h3-6,11-12,21H,7-10,13-14H2,1-2H3. The van der Waals surface area contributed by atoms with Gasteiger partial charge in [-0.25, -0.2) is 13.1 Å². The molecule has 0 spiro atoms. The third-order valence-corrected chi connectivity index (χ3v) is 6.70. The van der Waals surface area contributed by atoms with Crippen LogP contribution in [0, 0.1) is 24.0 Å². The highest BCUT2D eigenvalue weighted by molar-refractivity contribution is 7.89. The highest BCUT2D eigenvalue weighted by atomic mass is 32.2. The molecule has 1 fully saturated rings. The average molecular weight is 420 g/mol. The van der Waals surface area contributed by atoms with Crippen molar-refractivity contribution in [1.82, 2.24) is 9.62 Å². The molecule has 2 aromatic rings. The van der Waals surface area contributed by atoms with E-state index in [1.165, 1.54) is 6.07 Å². The van der Waals surface area contributed by atoms with Gasteiger partial charge in [0.2, 0.25) is 10.0 Å². The third-order valence-electron chi connectivity index (χ3n) is 5.17. The molecule has 1 N–H and O–H groups in total. The van der Waals surface area contributed by atoms with E-state index in [1.54, 1.807) is 13.8 Å². The fraction of sp³-hybridized carbons (Fsp3) is 0.400. The predicted octanol–water partition coefficient (Wildman–Crippen LogP) is 2.52. The Morgan fingerprint density at radius 3 is 2.45 bits per heavy atom. The molecule has 2 aromatic carbocycles. The molecule has 1 heterocycles. The molecule has 0 saturated carbocycles. The summed E-state index contributed by atoms with van der Waals surface area (Å²) in [5, 5.41) is 11.1. The van der Waals surface area contributed by atoms with Crippen LogP contribution in [0.5, 0.6) is 0 Å². The molecule has 156 valence electrons. The number of hydrogen-bond donors (Lipinski definition) is 1. The van der Waals surface area contributed by atoms with Crippen LogP contribution in [0.1, 0.15) is 22.3 Å². The summed E-state index contributed by atoms with van der Waals surface area (Å²) in [5.74, 6) is 0. The molecule has 0 atom stereocenters. The molecular weight excluding hydrogens is 394 g/mol. The Morgan fingerprint density at radius 1 is 1.14 bits per heavy atom. The monoisotopic (exact) mass is 419 g/mol. The van der Waals surface area contributed by atoms with Gasteiger partial charge in [0, 0.05) is 38.3 Å². The van der Waals surface area contributed by atoms with Gasteiger partial charge >= 0.3 is 0 Å². The van der Waals surface area contributed by atoms with E-state index >= 15 is 0 Å². The number of nitro groups is 1. The number of nitrogens with zero attached hydrogens (tertiary/aromatic N) is 2. The van der Waals surface area contributed by atoms with Gasteiger partial charge in [-0.3, -0.25) is 15.0 Å². The lowest BCUT2D eigenvalue weighted by atomic mass is 10.1. The second-order valence-corrected chi connectivity index (χ2v) is 8.86. The molecule has 0 amide bonds. The Bertz CT molecular complexity index is 1000. The van der Waals surface area contributed by atoms with Crippen molar-refractivity contribution >= 4 is 15.7 Å². The third kappa shape index (κ3) is 5.18. The van der Waals surface area contributed by atoms with Crippen molar-refractivity contribution in [2.45, 2.75) is 31.8 Å². The molecule has 0 unspecified atom stereocenters. The van der Waals surface area contributed by atoms with Crippen LogP contribution < -0.4 is 4.72 Å². The first kappa shape index (κ1) is 21.4. The molecule has 9 heteroatoms. The first-order valence-corrected chi connectivity index (χ1v) is 10.9. The molecule has 0 radical (unpaired) electrons. The van der Waals surface area contributed by atoms with E-state index in [0.29, 0.717) is 24.3 Å². The van der Waals surface area contributed by atoms with Gasteiger partial charge in [0.15, 0.2) is 0 Å². The second-order valence-electron chi connectivity index (χ2n) is 7.12. The zero-order chi connectivity index (χ0) is 21.0. The van der Waals surface area contributed by atoms with E-state index < -0.39 is 14.9 Å². The molecule has 1 aliphatic heterocycles. The summed E-state index contributed by atoms with van der Waals surface area (Å²) >= 11 is 0. The molecule has 1 saturated heterocycles. The zero-order valence-electron chi connectivity index (χ0n) is 16.6. The normalized spacial score (nSPS) is 15.4. The van der Waals surface area contributed by atoms with Crippen molar-refractivity contribution in [3.05, 3.63) is 68.8 Å². The minimum absolute atomic E-state index is 0.0603. The Morgan fingerprint density at radius 2 is 1.79 bits per heavy atom. The number of ether oxygens (including phenoxy) is 1. The summed E-state index contributed by atoms with van der Waals surface area (Å²) in [6.07, 6.45) is 0. The van der Waals surface area contributed by atoms with E-state index in [9.17, 15) is 18.5 Å². The van der Waals surface area contributed by atoms with Crippen LogP contribution in [-0.2, 0) is 27.8 Å². The van der Waals surface area contributed by atoms with Crippen molar-refractivity contribution in [2.24, 2.45) is 0 Å². The van der Waals surface area contributed by atoms with Crippen molar-refractivity contribution < 1.29 is 18.1 Å². The first-order chi connectivity index (χ1) is 13.8. The predicted molar refractivity (Wildman–Crippen MR) is 109 cm³/mol. The maximum Gasteiger partial charge on any atom is 0.271 e. The van der Waals surface area contributed by atoms with Crippen molar-refractivity contribution in [1.29, 1.82) is 0 Å². The molecule has 0 aromatic heterocycles. The molecule has 8 nitrogen and oxygen atoms in total. The lowest BCUT2D eigenvalue weighted by Crippen LogP contribution is -2.36. The minimum atomic E-state index is -3.91. The molecule has 29 heavy (non-hydrogen) atoms. The minimum Gasteiger partial charge on any atom is -0.379 e. The van der Waals surface area contributed by atoms with Gasteiger partial charge in [0.1, 0.15) is 0 Å². The molecule has 0 bridgehead atoms. The number of rotatable bonds is 7. The lowest BCUT2D eigenvalue weighted by Gasteiger charge is -2.27. The van der Waals surface area contributed by atoms with Crippen LogP contribution in [0.15, 0.2) is 41.3 Å². The number of sulfonamides is 1. The maximum atomic E-state index is 12.9. The fourth-order valence-electron chi connectivity index (χ4n) is 3.33. The van der Waals surface area contributed by atoms with E-state index in [2.05, 4.69) is 9.62 Å². The van der Waals surface area contributed by atoms with Crippen molar-refractivity contribution in [2.75, 3.05) is 26.3 Å². The molecule has 0 aliphatic carbocycles. The smallest absolute Gasteiger partial charge is 0.271 e. The summed E-state index contributed by atoms with van der Waals surface area (Å²) < 4.78 is 33.8. The summed E-state index contributed by atoms with van der Waals surface area (Å²) in [5.41, 5.74) is 2.75. The Labute approximate surface area is 170 Å². The topological polar surface area (TPSA) is 102 Å². The summed E-state index contributed by atoms with van der Waals surface area (Å²) in [4.78, 5) is 12.8. The van der Waals surface area contributed by atoms with Gasteiger partial charge in [-0.2, -0.15) is 0 Å². The fourth-order valence-corrected chi connectivity index (χ4v) is 4.67. The van der Waals surface area contributed by atoms with E-state index in [1.807, 2.05) is 24.3 Å². The van der Waals surface area contributed by atoms with Crippen LogP contribution in [0.2, 0.25) is 0 Å². The number of aryl methyl sites for hydroxylation is 1. The molecular formula is C20H25N3O5S. The average Bonchev–Trinajstić information content (AvgIpc) is 2.70. The largest absolute Gasteiger partial charge is 0.379 e. The van der Waals surface area contributed by atoms with Crippen LogP contribution in [0.25, 0.3) is 0 Å². The quantitative estimate of drug-likeness (QED) is 0.547. The van der Waals surface area contributed by atoms with Gasteiger partial charge in [0.05, 0.1) is 23.0 Å². The summed E-state index contributed by atoms with van der Waals surface area (Å²) in [6, 6.07) is 10.2. The number of nitro benzene ring substituents is 1. The van der Waals surface area contributed by atoms with E-state index in [-0.39, 0.29) is 17.1 Å². The van der Waals surface area contributed by atoms with E-state index in [0.717, 1.165) is 36.8 Å². The summed E-state index contributed by atoms with van der Waals surface area (Å²) in [7, 11) is -3.91. The number of non-ortho nitro benzene ring substituents is 1. The number of benzene rings is 2. The van der Waals surface area contributed by atoms with Crippen LogP contribution in [0.3, 0.4) is 0 Å². The van der Waals surface area contributed by atoms with Gasteiger partial charge in [-0.05, 0) is 36.1 Å². The van der Waals surface area contributed by atoms with Gasteiger partial charge in [0.25, 0.3) is 5.69 Å².